The average Bonchev–Trinajstić information content (AvgIpc) is 2.33. The molecule has 0 bridgehead atoms. The van der Waals surface area contributed by atoms with Gasteiger partial charge in [0.15, 0.2) is 5.78 Å². The zero-order chi connectivity index (χ0) is 13.6. The van der Waals surface area contributed by atoms with E-state index in [1.165, 1.54) is 30.0 Å². The van der Waals surface area contributed by atoms with Crippen LogP contribution in [0.3, 0.4) is 0 Å². The lowest BCUT2D eigenvalue weighted by atomic mass is 10.2. The van der Waals surface area contributed by atoms with Gasteiger partial charge in [0.1, 0.15) is 0 Å². The minimum Gasteiger partial charge on any atom is -0.294 e. The van der Waals surface area contributed by atoms with E-state index >= 15 is 0 Å². The van der Waals surface area contributed by atoms with E-state index in [1.807, 2.05) is 6.92 Å². The molecule has 0 amide bonds. The molecule has 98 valence electrons. The number of rotatable bonds is 5. The predicted molar refractivity (Wildman–Crippen MR) is 66.6 cm³/mol. The van der Waals surface area contributed by atoms with Crippen LogP contribution in [0.25, 0.3) is 0 Å². The molecule has 0 atom stereocenters. The lowest BCUT2D eigenvalue weighted by molar-refractivity contribution is -0.137. The standard InChI is InChI=1S/C13H13F3OS/c1-2-3-4-11(17)9-18-12-7-5-10(6-8-12)13(14,15)16/h3-8H,2,9H2,1H3. The van der Waals surface area contributed by atoms with E-state index in [0.717, 1.165) is 18.6 Å². The Balaban J connectivity index is 2.54. The first-order valence-electron chi connectivity index (χ1n) is 5.43. The van der Waals surface area contributed by atoms with Crippen LogP contribution < -0.4 is 0 Å². The van der Waals surface area contributed by atoms with Crippen molar-refractivity contribution < 1.29 is 18.0 Å². The molecular weight excluding hydrogens is 261 g/mol. The van der Waals surface area contributed by atoms with Crippen LogP contribution in [0, 0.1) is 0 Å². The highest BCUT2D eigenvalue weighted by molar-refractivity contribution is 8.00. The van der Waals surface area contributed by atoms with E-state index in [9.17, 15) is 18.0 Å². The van der Waals surface area contributed by atoms with Crippen molar-refractivity contribution in [1.82, 2.24) is 0 Å². The average molecular weight is 274 g/mol. The van der Waals surface area contributed by atoms with Gasteiger partial charge in [0.25, 0.3) is 0 Å². The smallest absolute Gasteiger partial charge is 0.294 e. The van der Waals surface area contributed by atoms with E-state index < -0.39 is 11.7 Å². The summed E-state index contributed by atoms with van der Waals surface area (Å²) in [4.78, 5) is 12.0. The van der Waals surface area contributed by atoms with Gasteiger partial charge >= 0.3 is 6.18 Å². The summed E-state index contributed by atoms with van der Waals surface area (Å²) < 4.78 is 36.9. The van der Waals surface area contributed by atoms with E-state index in [-0.39, 0.29) is 11.5 Å². The Morgan fingerprint density at radius 3 is 2.39 bits per heavy atom. The van der Waals surface area contributed by atoms with E-state index in [0.29, 0.717) is 4.90 Å². The summed E-state index contributed by atoms with van der Waals surface area (Å²) >= 11 is 1.23. The van der Waals surface area contributed by atoms with Crippen LogP contribution in [-0.2, 0) is 11.0 Å². The second-order valence-corrected chi connectivity index (χ2v) is 4.64. The third-order valence-electron chi connectivity index (χ3n) is 2.10. The zero-order valence-corrected chi connectivity index (χ0v) is 10.6. The molecule has 0 aliphatic heterocycles. The first-order valence-corrected chi connectivity index (χ1v) is 6.41. The number of halogens is 3. The van der Waals surface area contributed by atoms with Crippen molar-refractivity contribution in [2.45, 2.75) is 24.4 Å². The SMILES string of the molecule is CCC=CC(=O)CSc1ccc(C(F)(F)F)cc1. The van der Waals surface area contributed by atoms with E-state index in [1.54, 1.807) is 6.08 Å². The zero-order valence-electron chi connectivity index (χ0n) is 9.83. The summed E-state index contributed by atoms with van der Waals surface area (Å²) in [5, 5.41) is 0. The number of carbonyl (C=O) groups excluding carboxylic acids is 1. The number of hydrogen-bond donors (Lipinski definition) is 0. The van der Waals surface area contributed by atoms with Crippen molar-refractivity contribution in [3.63, 3.8) is 0 Å². The van der Waals surface area contributed by atoms with Gasteiger partial charge in [-0.05, 0) is 36.8 Å². The molecule has 0 aliphatic rings. The lowest BCUT2D eigenvalue weighted by Crippen LogP contribution is -2.04. The second kappa shape index (κ2) is 6.64. The quantitative estimate of drug-likeness (QED) is 0.587. The topological polar surface area (TPSA) is 17.1 Å². The molecule has 0 unspecified atom stereocenters. The first-order chi connectivity index (χ1) is 8.43. The molecule has 0 saturated carbocycles. The van der Waals surface area contributed by atoms with Crippen molar-refractivity contribution in [1.29, 1.82) is 0 Å². The molecule has 0 fully saturated rings. The molecule has 0 N–H and O–H groups in total. The maximum atomic E-state index is 12.3. The Bertz CT molecular complexity index is 421. The molecule has 1 rings (SSSR count). The molecule has 0 aliphatic carbocycles. The van der Waals surface area contributed by atoms with Gasteiger partial charge in [0, 0.05) is 4.90 Å². The number of allylic oxidation sites excluding steroid dienone is 2. The number of carbonyl (C=O) groups is 1. The summed E-state index contributed by atoms with van der Waals surface area (Å²) in [5.74, 6) is 0.198. The Morgan fingerprint density at radius 2 is 1.89 bits per heavy atom. The van der Waals surface area contributed by atoms with Crippen LogP contribution in [0.5, 0.6) is 0 Å². The molecule has 18 heavy (non-hydrogen) atoms. The van der Waals surface area contributed by atoms with Crippen LogP contribution >= 0.6 is 11.8 Å². The monoisotopic (exact) mass is 274 g/mol. The fourth-order valence-electron chi connectivity index (χ4n) is 1.19. The van der Waals surface area contributed by atoms with Crippen LogP contribution in [0.2, 0.25) is 0 Å². The normalized spacial score (nSPS) is 12.0. The van der Waals surface area contributed by atoms with Gasteiger partial charge in [-0.25, -0.2) is 0 Å². The van der Waals surface area contributed by atoms with Gasteiger partial charge in [-0.2, -0.15) is 13.2 Å². The maximum absolute atomic E-state index is 12.3. The highest BCUT2D eigenvalue weighted by Gasteiger charge is 2.29. The highest BCUT2D eigenvalue weighted by atomic mass is 32.2. The summed E-state index contributed by atoms with van der Waals surface area (Å²) in [5.41, 5.74) is -0.677. The molecule has 1 aromatic rings. The molecule has 5 heteroatoms. The van der Waals surface area contributed by atoms with Crippen molar-refractivity contribution >= 4 is 17.5 Å². The summed E-state index contributed by atoms with van der Waals surface area (Å²) in [6.07, 6.45) is -0.272. The number of benzene rings is 1. The Morgan fingerprint density at radius 1 is 1.28 bits per heavy atom. The summed E-state index contributed by atoms with van der Waals surface area (Å²) in [6.45, 7) is 1.92. The highest BCUT2D eigenvalue weighted by Crippen LogP contribution is 2.30. The molecule has 1 nitrogen and oxygen atoms in total. The van der Waals surface area contributed by atoms with Crippen molar-refractivity contribution in [2.24, 2.45) is 0 Å². The van der Waals surface area contributed by atoms with Crippen LogP contribution in [0.4, 0.5) is 13.2 Å². The molecule has 0 radical (unpaired) electrons. The molecule has 0 saturated heterocycles. The number of hydrogen-bond acceptors (Lipinski definition) is 2. The number of ketones is 1. The number of thioether (sulfide) groups is 1. The van der Waals surface area contributed by atoms with Crippen molar-refractivity contribution in [3.05, 3.63) is 42.0 Å². The van der Waals surface area contributed by atoms with Gasteiger partial charge in [-0.1, -0.05) is 13.0 Å². The van der Waals surface area contributed by atoms with Crippen molar-refractivity contribution in [3.8, 4) is 0 Å². The Hall–Kier alpha value is -1.23. The summed E-state index contributed by atoms with van der Waals surface area (Å²) in [7, 11) is 0. The van der Waals surface area contributed by atoms with Crippen LogP contribution in [0.15, 0.2) is 41.3 Å². The van der Waals surface area contributed by atoms with Crippen LogP contribution in [0.1, 0.15) is 18.9 Å². The van der Waals surface area contributed by atoms with Gasteiger partial charge in [0.2, 0.25) is 0 Å². The second-order valence-electron chi connectivity index (χ2n) is 3.59. The van der Waals surface area contributed by atoms with Crippen molar-refractivity contribution in [2.75, 3.05) is 5.75 Å². The van der Waals surface area contributed by atoms with E-state index in [2.05, 4.69) is 0 Å². The first kappa shape index (κ1) is 14.8. The van der Waals surface area contributed by atoms with Gasteiger partial charge in [0.05, 0.1) is 11.3 Å². The minimum atomic E-state index is -4.32. The Kier molecular flexibility index (Phi) is 5.47. The third-order valence-corrected chi connectivity index (χ3v) is 3.14. The molecule has 0 aromatic heterocycles. The van der Waals surface area contributed by atoms with E-state index in [4.69, 9.17) is 0 Å². The van der Waals surface area contributed by atoms with Gasteiger partial charge in [-0.15, -0.1) is 11.8 Å². The maximum Gasteiger partial charge on any atom is 0.416 e. The molecule has 0 heterocycles. The third kappa shape index (κ3) is 4.96. The fraction of sp³-hybridized carbons (Fsp3) is 0.308. The number of alkyl halides is 3. The Labute approximate surface area is 108 Å². The van der Waals surface area contributed by atoms with Gasteiger partial charge in [-0.3, -0.25) is 4.79 Å². The lowest BCUT2D eigenvalue weighted by Gasteiger charge is -2.06. The molecule has 1 aromatic carbocycles. The fourth-order valence-corrected chi connectivity index (χ4v) is 1.93. The predicted octanol–water partition coefficient (Wildman–Crippen LogP) is 4.33. The molecule has 0 spiro atoms. The van der Waals surface area contributed by atoms with Crippen LogP contribution in [-0.4, -0.2) is 11.5 Å². The minimum absolute atomic E-state index is 0.0400. The molecular formula is C13H13F3OS. The largest absolute Gasteiger partial charge is 0.416 e. The van der Waals surface area contributed by atoms with Gasteiger partial charge < -0.3 is 0 Å². The summed E-state index contributed by atoms with van der Waals surface area (Å²) in [6, 6.07) is 4.80.